The Balaban J connectivity index is 1.92. The van der Waals surface area contributed by atoms with Crippen molar-refractivity contribution in [3.63, 3.8) is 0 Å². The maximum atomic E-state index is 6.07. The van der Waals surface area contributed by atoms with Crippen molar-refractivity contribution in [3.05, 3.63) is 72.3 Å². The normalized spacial score (nSPS) is 11.2. The average Bonchev–Trinajstić information content (AvgIpc) is 2.85. The van der Waals surface area contributed by atoms with Crippen LogP contribution in [0.25, 0.3) is 33.4 Å². The summed E-state index contributed by atoms with van der Waals surface area (Å²) in [5, 5.41) is 2.48. The molecule has 0 aromatic heterocycles. The molecule has 1 nitrogen and oxygen atoms in total. The van der Waals surface area contributed by atoms with Gasteiger partial charge in [0.1, 0.15) is 11.5 Å². The minimum Gasteiger partial charge on any atom is -0.456 e. The molecular formula is C19H14O. The van der Waals surface area contributed by atoms with E-state index in [9.17, 15) is 0 Å². The first-order valence-electron chi connectivity index (χ1n) is 6.79. The molecule has 1 aliphatic heterocycles. The van der Waals surface area contributed by atoms with Crippen LogP contribution in [0.15, 0.2) is 71.1 Å². The summed E-state index contributed by atoms with van der Waals surface area (Å²) in [5.41, 5.74) is 3.55. The lowest BCUT2D eigenvalue weighted by Crippen LogP contribution is -1.81. The molecule has 0 spiro atoms. The molecule has 0 bridgehead atoms. The predicted molar refractivity (Wildman–Crippen MR) is 83.0 cm³/mol. The van der Waals surface area contributed by atoms with E-state index in [-0.39, 0.29) is 0 Å². The van der Waals surface area contributed by atoms with Gasteiger partial charge in [-0.3, -0.25) is 0 Å². The van der Waals surface area contributed by atoms with E-state index in [0.717, 1.165) is 17.1 Å². The first-order chi connectivity index (χ1) is 9.81. The van der Waals surface area contributed by atoms with E-state index in [1.807, 2.05) is 0 Å². The van der Waals surface area contributed by atoms with Gasteiger partial charge in [0, 0.05) is 11.1 Å². The van der Waals surface area contributed by atoms with Gasteiger partial charge in [-0.05, 0) is 35.9 Å². The van der Waals surface area contributed by atoms with Crippen LogP contribution in [0.2, 0.25) is 0 Å². The lowest BCUT2D eigenvalue weighted by atomic mass is 10.1. The van der Waals surface area contributed by atoms with Crippen molar-refractivity contribution in [1.29, 1.82) is 0 Å². The van der Waals surface area contributed by atoms with Gasteiger partial charge in [0.25, 0.3) is 0 Å². The zero-order chi connectivity index (χ0) is 13.5. The van der Waals surface area contributed by atoms with Crippen LogP contribution in [-0.4, -0.2) is 0 Å². The molecule has 0 fully saturated rings. The molecule has 0 saturated heterocycles. The summed E-state index contributed by atoms with van der Waals surface area (Å²) in [6.07, 6.45) is 0. The number of aryl methyl sites for hydroxylation is 1. The van der Waals surface area contributed by atoms with E-state index >= 15 is 0 Å². The smallest absolute Gasteiger partial charge is 0.135 e. The number of benzene rings is 2. The molecular weight excluding hydrogens is 244 g/mol. The summed E-state index contributed by atoms with van der Waals surface area (Å²) >= 11 is 0. The quantitative estimate of drug-likeness (QED) is 0.438. The van der Waals surface area contributed by atoms with Gasteiger partial charge >= 0.3 is 0 Å². The van der Waals surface area contributed by atoms with Gasteiger partial charge < -0.3 is 4.42 Å². The van der Waals surface area contributed by atoms with Crippen molar-refractivity contribution in [3.8, 4) is 22.6 Å². The highest BCUT2D eigenvalue weighted by Crippen LogP contribution is 2.36. The average molecular weight is 258 g/mol. The van der Waals surface area contributed by atoms with Crippen LogP contribution in [0.4, 0.5) is 0 Å². The summed E-state index contributed by atoms with van der Waals surface area (Å²) in [6, 6.07) is 23.1. The van der Waals surface area contributed by atoms with Gasteiger partial charge in [0.2, 0.25) is 0 Å². The van der Waals surface area contributed by atoms with Crippen LogP contribution in [0.5, 0.6) is 0 Å². The standard InChI is InChI=1S/C19H14O/c1-13-6-8-14(9-7-13)18-11-10-17-16-5-3-2-4-15(16)12-19(17)20-18/h2-12H,1H3. The third kappa shape index (κ3) is 1.71. The summed E-state index contributed by atoms with van der Waals surface area (Å²) in [4.78, 5) is 0. The van der Waals surface area contributed by atoms with Gasteiger partial charge in [-0.1, -0.05) is 54.1 Å². The lowest BCUT2D eigenvalue weighted by molar-refractivity contribution is 0.583. The van der Waals surface area contributed by atoms with Crippen LogP contribution < -0.4 is 0 Å². The SMILES string of the molecule is Cc1ccc(-c2ccc3c4ccccc4cc-3o2)cc1. The minimum absolute atomic E-state index is 0.910. The van der Waals surface area contributed by atoms with Gasteiger partial charge in [0.15, 0.2) is 0 Å². The van der Waals surface area contributed by atoms with E-state index in [0.29, 0.717) is 0 Å². The van der Waals surface area contributed by atoms with E-state index in [1.54, 1.807) is 0 Å². The molecule has 2 aliphatic rings. The Morgan fingerprint density at radius 3 is 2.40 bits per heavy atom. The molecule has 0 atom stereocenters. The third-order valence-corrected chi connectivity index (χ3v) is 3.76. The molecule has 0 amide bonds. The van der Waals surface area contributed by atoms with Gasteiger partial charge in [0.05, 0.1) is 0 Å². The monoisotopic (exact) mass is 258 g/mol. The maximum absolute atomic E-state index is 6.07. The van der Waals surface area contributed by atoms with Crippen LogP contribution >= 0.6 is 0 Å². The topological polar surface area (TPSA) is 13.1 Å². The molecule has 2 aromatic rings. The first kappa shape index (κ1) is 11.3. The van der Waals surface area contributed by atoms with Gasteiger partial charge in [-0.2, -0.15) is 0 Å². The summed E-state index contributed by atoms with van der Waals surface area (Å²) in [6.45, 7) is 2.09. The first-order valence-corrected chi connectivity index (χ1v) is 6.79. The van der Waals surface area contributed by atoms with Crippen LogP contribution in [-0.2, 0) is 0 Å². The Kier molecular flexibility index (Phi) is 2.40. The molecule has 1 aliphatic carbocycles. The minimum atomic E-state index is 0.910. The fraction of sp³-hybridized carbons (Fsp3) is 0.0526. The van der Waals surface area contributed by atoms with Crippen molar-refractivity contribution in [2.45, 2.75) is 6.92 Å². The molecule has 1 heterocycles. The predicted octanol–water partition coefficient (Wildman–Crippen LogP) is 5.51. The van der Waals surface area contributed by atoms with E-state index in [4.69, 9.17) is 4.42 Å². The van der Waals surface area contributed by atoms with Gasteiger partial charge in [-0.25, -0.2) is 0 Å². The second kappa shape index (κ2) is 4.24. The Morgan fingerprint density at radius 2 is 1.55 bits per heavy atom. The fourth-order valence-corrected chi connectivity index (χ4v) is 2.66. The third-order valence-electron chi connectivity index (χ3n) is 3.76. The Morgan fingerprint density at radius 1 is 0.750 bits per heavy atom. The molecule has 20 heavy (non-hydrogen) atoms. The summed E-state index contributed by atoms with van der Waals surface area (Å²) in [5.74, 6) is 1.86. The Hall–Kier alpha value is -2.54. The second-order valence-electron chi connectivity index (χ2n) is 5.18. The fourth-order valence-electron chi connectivity index (χ4n) is 2.66. The molecule has 1 heteroatoms. The van der Waals surface area contributed by atoms with E-state index in [2.05, 4.69) is 73.7 Å². The molecule has 4 rings (SSSR count). The number of hydrogen-bond donors (Lipinski definition) is 0. The van der Waals surface area contributed by atoms with Crippen molar-refractivity contribution >= 4 is 10.8 Å². The lowest BCUT2D eigenvalue weighted by Gasteiger charge is -2.05. The van der Waals surface area contributed by atoms with Crippen LogP contribution in [0.3, 0.4) is 0 Å². The van der Waals surface area contributed by atoms with Crippen molar-refractivity contribution in [2.24, 2.45) is 0 Å². The number of fused-ring (bicyclic) bond motifs is 3. The highest BCUT2D eigenvalue weighted by Gasteiger charge is 2.12. The molecule has 0 unspecified atom stereocenters. The maximum Gasteiger partial charge on any atom is 0.135 e. The highest BCUT2D eigenvalue weighted by atomic mass is 16.3. The van der Waals surface area contributed by atoms with Crippen LogP contribution in [0, 0.1) is 6.92 Å². The second-order valence-corrected chi connectivity index (χ2v) is 5.18. The van der Waals surface area contributed by atoms with E-state index in [1.165, 1.54) is 21.9 Å². The highest BCUT2D eigenvalue weighted by molar-refractivity contribution is 6.00. The molecule has 0 saturated carbocycles. The van der Waals surface area contributed by atoms with E-state index < -0.39 is 0 Å². The summed E-state index contributed by atoms with van der Waals surface area (Å²) in [7, 11) is 0. The van der Waals surface area contributed by atoms with Crippen LogP contribution in [0.1, 0.15) is 5.56 Å². The Labute approximate surface area is 117 Å². The summed E-state index contributed by atoms with van der Waals surface area (Å²) < 4.78 is 6.07. The van der Waals surface area contributed by atoms with Gasteiger partial charge in [-0.15, -0.1) is 0 Å². The zero-order valence-electron chi connectivity index (χ0n) is 11.3. The van der Waals surface area contributed by atoms with Crippen molar-refractivity contribution in [2.75, 3.05) is 0 Å². The largest absolute Gasteiger partial charge is 0.456 e. The van der Waals surface area contributed by atoms with Crippen molar-refractivity contribution < 1.29 is 4.42 Å². The Bertz CT molecular complexity index is 853. The van der Waals surface area contributed by atoms with Crippen molar-refractivity contribution in [1.82, 2.24) is 0 Å². The number of rotatable bonds is 1. The molecule has 2 aromatic carbocycles. The molecule has 96 valence electrons. The zero-order valence-corrected chi connectivity index (χ0v) is 11.3. The number of hydrogen-bond acceptors (Lipinski definition) is 1. The molecule has 0 N–H and O–H groups in total. The molecule has 0 radical (unpaired) electrons.